The molecule has 0 fully saturated rings. The van der Waals surface area contributed by atoms with E-state index in [1.807, 2.05) is 30.3 Å². The topological polar surface area (TPSA) is 59.2 Å². The summed E-state index contributed by atoms with van der Waals surface area (Å²) < 4.78 is 18.3. The molecular formula is C15H11FN2O2. The normalized spacial score (nSPS) is 12.3. The van der Waals surface area contributed by atoms with E-state index < -0.39 is 6.10 Å². The van der Waals surface area contributed by atoms with Gasteiger partial charge in [-0.25, -0.2) is 4.39 Å². The molecule has 0 radical (unpaired) electrons. The average Bonchev–Trinajstić information content (AvgIpc) is 2.98. The van der Waals surface area contributed by atoms with E-state index in [0.717, 1.165) is 5.56 Å². The van der Waals surface area contributed by atoms with Gasteiger partial charge < -0.3 is 9.52 Å². The van der Waals surface area contributed by atoms with Gasteiger partial charge in [0.2, 0.25) is 11.8 Å². The van der Waals surface area contributed by atoms with Crippen LogP contribution in [0, 0.1) is 5.82 Å². The van der Waals surface area contributed by atoms with Crippen LogP contribution in [0.15, 0.2) is 59.0 Å². The van der Waals surface area contributed by atoms with Gasteiger partial charge in [0, 0.05) is 5.56 Å². The van der Waals surface area contributed by atoms with Gasteiger partial charge in [0.05, 0.1) is 0 Å². The number of rotatable bonds is 3. The number of halogens is 1. The minimum Gasteiger partial charge on any atom is -0.417 e. The first-order valence-corrected chi connectivity index (χ1v) is 6.06. The fourth-order valence-corrected chi connectivity index (χ4v) is 1.83. The zero-order chi connectivity index (χ0) is 13.9. The lowest BCUT2D eigenvalue weighted by atomic mass is 10.1. The van der Waals surface area contributed by atoms with Crippen molar-refractivity contribution in [2.45, 2.75) is 6.10 Å². The van der Waals surface area contributed by atoms with Gasteiger partial charge >= 0.3 is 0 Å². The van der Waals surface area contributed by atoms with Gasteiger partial charge in [0.1, 0.15) is 5.82 Å². The first kappa shape index (κ1) is 12.5. The Morgan fingerprint density at radius 2 is 1.65 bits per heavy atom. The molecule has 0 spiro atoms. The number of hydrogen-bond acceptors (Lipinski definition) is 4. The number of aliphatic hydroxyl groups excluding tert-OH is 1. The lowest BCUT2D eigenvalue weighted by molar-refractivity contribution is 0.183. The summed E-state index contributed by atoms with van der Waals surface area (Å²) in [6.07, 6.45) is -1.07. The quantitative estimate of drug-likeness (QED) is 0.795. The Hall–Kier alpha value is -2.53. The molecule has 0 bridgehead atoms. The molecule has 5 heteroatoms. The molecule has 3 aromatic rings. The van der Waals surface area contributed by atoms with E-state index in [1.165, 1.54) is 24.3 Å². The van der Waals surface area contributed by atoms with Gasteiger partial charge in [-0.15, -0.1) is 10.2 Å². The van der Waals surface area contributed by atoms with Crippen LogP contribution in [-0.2, 0) is 0 Å². The van der Waals surface area contributed by atoms with Crippen molar-refractivity contribution in [2.24, 2.45) is 0 Å². The van der Waals surface area contributed by atoms with Gasteiger partial charge in [0.25, 0.3) is 0 Å². The maximum absolute atomic E-state index is 12.8. The Morgan fingerprint density at radius 1 is 0.950 bits per heavy atom. The fourth-order valence-electron chi connectivity index (χ4n) is 1.83. The van der Waals surface area contributed by atoms with Crippen LogP contribution in [0.1, 0.15) is 17.6 Å². The van der Waals surface area contributed by atoms with Crippen molar-refractivity contribution in [1.29, 1.82) is 0 Å². The predicted octanol–water partition coefficient (Wildman–Crippen LogP) is 2.96. The molecule has 0 aliphatic rings. The van der Waals surface area contributed by atoms with E-state index in [2.05, 4.69) is 10.2 Å². The van der Waals surface area contributed by atoms with Crippen molar-refractivity contribution >= 4 is 0 Å². The van der Waals surface area contributed by atoms with Crippen LogP contribution >= 0.6 is 0 Å². The molecule has 1 aromatic heterocycles. The van der Waals surface area contributed by atoms with Crippen LogP contribution < -0.4 is 0 Å². The molecular weight excluding hydrogens is 259 g/mol. The molecule has 1 N–H and O–H groups in total. The van der Waals surface area contributed by atoms with Crippen molar-refractivity contribution in [3.05, 3.63) is 71.9 Å². The van der Waals surface area contributed by atoms with Gasteiger partial charge in [-0.05, 0) is 29.8 Å². The monoisotopic (exact) mass is 270 g/mol. The minimum atomic E-state index is -1.07. The van der Waals surface area contributed by atoms with Gasteiger partial charge in [0.15, 0.2) is 6.10 Å². The molecule has 3 rings (SSSR count). The summed E-state index contributed by atoms with van der Waals surface area (Å²) in [6, 6.07) is 14.8. The summed E-state index contributed by atoms with van der Waals surface area (Å²) in [5.41, 5.74) is 1.27. The number of aromatic nitrogens is 2. The highest BCUT2D eigenvalue weighted by Gasteiger charge is 2.18. The summed E-state index contributed by atoms with van der Waals surface area (Å²) in [7, 11) is 0. The second-order valence-corrected chi connectivity index (χ2v) is 4.27. The Labute approximate surface area is 114 Å². The van der Waals surface area contributed by atoms with Crippen molar-refractivity contribution in [2.75, 3.05) is 0 Å². The van der Waals surface area contributed by atoms with E-state index in [-0.39, 0.29) is 11.7 Å². The molecule has 0 amide bonds. The molecule has 0 aliphatic carbocycles. The van der Waals surface area contributed by atoms with E-state index in [1.54, 1.807) is 0 Å². The molecule has 0 saturated heterocycles. The first-order chi connectivity index (χ1) is 9.74. The Bertz CT molecular complexity index is 695. The molecule has 20 heavy (non-hydrogen) atoms. The molecule has 1 heterocycles. The summed E-state index contributed by atoms with van der Waals surface area (Å²) >= 11 is 0. The van der Waals surface area contributed by atoms with Crippen LogP contribution in [0.25, 0.3) is 11.5 Å². The largest absolute Gasteiger partial charge is 0.417 e. The molecule has 1 atom stereocenters. The number of nitrogens with zero attached hydrogens (tertiary/aromatic N) is 2. The van der Waals surface area contributed by atoms with Crippen molar-refractivity contribution in [1.82, 2.24) is 10.2 Å². The van der Waals surface area contributed by atoms with E-state index in [4.69, 9.17) is 4.42 Å². The molecule has 0 aliphatic heterocycles. The van der Waals surface area contributed by atoms with Crippen molar-refractivity contribution < 1.29 is 13.9 Å². The second kappa shape index (κ2) is 5.22. The Kier molecular flexibility index (Phi) is 3.26. The van der Waals surface area contributed by atoms with Gasteiger partial charge in [-0.2, -0.15) is 0 Å². The summed E-state index contributed by atoms with van der Waals surface area (Å²) in [4.78, 5) is 0. The molecule has 100 valence electrons. The van der Waals surface area contributed by atoms with Gasteiger partial charge in [-0.3, -0.25) is 0 Å². The van der Waals surface area contributed by atoms with E-state index in [0.29, 0.717) is 11.5 Å². The lowest BCUT2D eigenvalue weighted by Gasteiger charge is -2.05. The van der Waals surface area contributed by atoms with Crippen LogP contribution in [0.5, 0.6) is 0 Å². The van der Waals surface area contributed by atoms with Crippen LogP contribution in [0.3, 0.4) is 0 Å². The smallest absolute Gasteiger partial charge is 0.249 e. The van der Waals surface area contributed by atoms with Crippen LogP contribution in [-0.4, -0.2) is 15.3 Å². The van der Waals surface area contributed by atoms with Crippen LogP contribution in [0.4, 0.5) is 4.39 Å². The van der Waals surface area contributed by atoms with E-state index >= 15 is 0 Å². The number of hydrogen-bond donors (Lipinski definition) is 1. The standard InChI is InChI=1S/C15H11FN2O2/c16-12-8-6-10(7-9-12)13(19)15-18-17-14(20-15)11-4-2-1-3-5-11/h1-9,13,19H. The molecule has 0 saturated carbocycles. The van der Waals surface area contributed by atoms with E-state index in [9.17, 15) is 9.50 Å². The highest BCUT2D eigenvalue weighted by atomic mass is 19.1. The number of benzene rings is 2. The Morgan fingerprint density at radius 3 is 2.35 bits per heavy atom. The first-order valence-electron chi connectivity index (χ1n) is 6.06. The molecule has 2 aromatic carbocycles. The third kappa shape index (κ3) is 2.44. The SMILES string of the molecule is OC(c1ccc(F)cc1)c1nnc(-c2ccccc2)o1. The van der Waals surface area contributed by atoms with Crippen molar-refractivity contribution in [3.8, 4) is 11.5 Å². The highest BCUT2D eigenvalue weighted by Crippen LogP contribution is 2.24. The van der Waals surface area contributed by atoms with Crippen LogP contribution in [0.2, 0.25) is 0 Å². The number of aliphatic hydroxyl groups is 1. The highest BCUT2D eigenvalue weighted by molar-refractivity contribution is 5.51. The summed E-state index contributed by atoms with van der Waals surface area (Å²) in [5, 5.41) is 17.9. The summed E-state index contributed by atoms with van der Waals surface area (Å²) in [5.74, 6) is 0.0497. The minimum absolute atomic E-state index is 0.0791. The average molecular weight is 270 g/mol. The maximum Gasteiger partial charge on any atom is 0.249 e. The molecule has 4 nitrogen and oxygen atoms in total. The lowest BCUT2D eigenvalue weighted by Crippen LogP contribution is -1.99. The van der Waals surface area contributed by atoms with Crippen molar-refractivity contribution in [3.63, 3.8) is 0 Å². The third-order valence-corrected chi connectivity index (χ3v) is 2.88. The maximum atomic E-state index is 12.8. The fraction of sp³-hybridized carbons (Fsp3) is 0.0667. The second-order valence-electron chi connectivity index (χ2n) is 4.27. The van der Waals surface area contributed by atoms with Gasteiger partial charge in [-0.1, -0.05) is 30.3 Å². The zero-order valence-corrected chi connectivity index (χ0v) is 10.4. The summed E-state index contributed by atoms with van der Waals surface area (Å²) in [6.45, 7) is 0. The molecule has 1 unspecified atom stereocenters. The third-order valence-electron chi connectivity index (χ3n) is 2.88. The Balaban J connectivity index is 1.88. The predicted molar refractivity (Wildman–Crippen MR) is 70.2 cm³/mol. The zero-order valence-electron chi connectivity index (χ0n) is 10.4.